The van der Waals surface area contributed by atoms with Crippen LogP contribution in [0.15, 0.2) is 95.0 Å². The van der Waals surface area contributed by atoms with E-state index in [0.717, 1.165) is 32.7 Å². The van der Waals surface area contributed by atoms with Gasteiger partial charge in [-0.3, -0.25) is 9.69 Å². The van der Waals surface area contributed by atoms with Gasteiger partial charge < -0.3 is 4.74 Å². The molecule has 138 valence electrons. The minimum atomic E-state index is -0.0491. The molecule has 0 saturated heterocycles. The summed E-state index contributed by atoms with van der Waals surface area (Å²) in [5, 5.41) is 0. The molecule has 1 heterocycles. The average molecular weight is 432 g/mol. The van der Waals surface area contributed by atoms with Crippen LogP contribution in [0.2, 0.25) is 0 Å². The Hall–Kier alpha value is -3.11. The minimum Gasteiger partial charge on any atom is -0.497 e. The summed E-state index contributed by atoms with van der Waals surface area (Å²) < 4.78 is 6.25. The van der Waals surface area contributed by atoms with Crippen molar-refractivity contribution in [1.29, 1.82) is 0 Å². The van der Waals surface area contributed by atoms with E-state index in [4.69, 9.17) is 4.74 Å². The van der Waals surface area contributed by atoms with E-state index in [0.29, 0.717) is 5.57 Å². The van der Waals surface area contributed by atoms with Crippen molar-refractivity contribution in [3.8, 4) is 5.75 Å². The van der Waals surface area contributed by atoms with Crippen molar-refractivity contribution in [2.45, 2.75) is 0 Å². The SMILES string of the molecule is COc1ccc(N2C(=O)/C(=C/c3ccc(Br)cc3)C=C2c2ccccc2)cc1. The number of hydrogen-bond acceptors (Lipinski definition) is 2. The Bertz CT molecular complexity index is 1050. The van der Waals surface area contributed by atoms with Crippen LogP contribution in [0.5, 0.6) is 5.75 Å². The summed E-state index contributed by atoms with van der Waals surface area (Å²) >= 11 is 3.44. The second-order valence-corrected chi connectivity index (χ2v) is 7.30. The number of rotatable bonds is 4. The van der Waals surface area contributed by atoms with Gasteiger partial charge in [-0.25, -0.2) is 0 Å². The lowest BCUT2D eigenvalue weighted by Crippen LogP contribution is -2.24. The Morgan fingerprint density at radius 3 is 2.21 bits per heavy atom. The topological polar surface area (TPSA) is 29.5 Å². The first-order valence-electron chi connectivity index (χ1n) is 8.88. The van der Waals surface area contributed by atoms with Gasteiger partial charge in [-0.15, -0.1) is 0 Å². The molecule has 4 heteroatoms. The third-order valence-electron chi connectivity index (χ3n) is 4.58. The van der Waals surface area contributed by atoms with Crippen LogP contribution in [0.3, 0.4) is 0 Å². The lowest BCUT2D eigenvalue weighted by Gasteiger charge is -2.21. The third kappa shape index (κ3) is 3.64. The van der Waals surface area contributed by atoms with E-state index in [1.54, 1.807) is 12.0 Å². The molecule has 0 aromatic heterocycles. The van der Waals surface area contributed by atoms with E-state index in [1.165, 1.54) is 0 Å². The van der Waals surface area contributed by atoms with E-state index in [9.17, 15) is 4.79 Å². The number of amides is 1. The molecule has 0 spiro atoms. The van der Waals surface area contributed by atoms with Crippen LogP contribution in [0, 0.1) is 0 Å². The third-order valence-corrected chi connectivity index (χ3v) is 5.10. The second-order valence-electron chi connectivity index (χ2n) is 6.39. The summed E-state index contributed by atoms with van der Waals surface area (Å²) in [7, 11) is 1.63. The van der Waals surface area contributed by atoms with Gasteiger partial charge in [0.25, 0.3) is 5.91 Å². The first-order chi connectivity index (χ1) is 13.7. The lowest BCUT2D eigenvalue weighted by molar-refractivity contribution is -0.113. The van der Waals surface area contributed by atoms with Crippen LogP contribution in [0.1, 0.15) is 11.1 Å². The van der Waals surface area contributed by atoms with E-state index >= 15 is 0 Å². The number of hydrogen-bond donors (Lipinski definition) is 0. The van der Waals surface area contributed by atoms with Gasteiger partial charge >= 0.3 is 0 Å². The molecule has 4 rings (SSSR count). The zero-order valence-electron chi connectivity index (χ0n) is 15.3. The Morgan fingerprint density at radius 2 is 1.57 bits per heavy atom. The zero-order chi connectivity index (χ0) is 19.5. The molecule has 3 nitrogen and oxygen atoms in total. The van der Waals surface area contributed by atoms with Crippen LogP contribution in [0.4, 0.5) is 5.69 Å². The van der Waals surface area contributed by atoms with Gasteiger partial charge in [0, 0.05) is 15.7 Å². The van der Waals surface area contributed by atoms with Crippen LogP contribution in [-0.2, 0) is 4.79 Å². The average Bonchev–Trinajstić information content (AvgIpc) is 3.06. The second kappa shape index (κ2) is 7.87. The Morgan fingerprint density at radius 1 is 0.893 bits per heavy atom. The molecule has 0 N–H and O–H groups in total. The fourth-order valence-electron chi connectivity index (χ4n) is 3.16. The highest BCUT2D eigenvalue weighted by atomic mass is 79.9. The lowest BCUT2D eigenvalue weighted by atomic mass is 10.1. The van der Waals surface area contributed by atoms with E-state index in [-0.39, 0.29) is 5.91 Å². The van der Waals surface area contributed by atoms with Crippen molar-refractivity contribution < 1.29 is 9.53 Å². The number of anilines is 1. The van der Waals surface area contributed by atoms with Crippen LogP contribution in [-0.4, -0.2) is 13.0 Å². The number of carbonyl (C=O) groups excluding carboxylic acids is 1. The van der Waals surface area contributed by atoms with Gasteiger partial charge in [-0.1, -0.05) is 58.4 Å². The van der Waals surface area contributed by atoms with E-state index in [1.807, 2.05) is 91.0 Å². The highest BCUT2D eigenvalue weighted by Gasteiger charge is 2.30. The van der Waals surface area contributed by atoms with Gasteiger partial charge in [0.1, 0.15) is 5.75 Å². The molecule has 28 heavy (non-hydrogen) atoms. The van der Waals surface area contributed by atoms with Crippen molar-refractivity contribution in [3.63, 3.8) is 0 Å². The maximum absolute atomic E-state index is 13.3. The number of ether oxygens (including phenoxy) is 1. The molecule has 3 aromatic rings. The molecule has 0 aliphatic carbocycles. The van der Waals surface area contributed by atoms with Crippen LogP contribution in [0.25, 0.3) is 11.8 Å². The molecular weight excluding hydrogens is 414 g/mol. The molecule has 1 aliphatic rings. The Labute approximate surface area is 172 Å². The molecule has 3 aromatic carbocycles. The molecule has 0 bridgehead atoms. The molecule has 0 saturated carbocycles. The zero-order valence-corrected chi connectivity index (χ0v) is 16.9. The summed E-state index contributed by atoms with van der Waals surface area (Å²) in [6.45, 7) is 0. The molecule has 0 unspecified atom stereocenters. The van der Waals surface area contributed by atoms with Gasteiger partial charge in [-0.2, -0.15) is 0 Å². The normalized spacial score (nSPS) is 15.1. The summed E-state index contributed by atoms with van der Waals surface area (Å²) in [5.74, 6) is 0.707. The van der Waals surface area contributed by atoms with Crippen molar-refractivity contribution in [3.05, 3.63) is 106 Å². The van der Waals surface area contributed by atoms with Crippen LogP contribution < -0.4 is 9.64 Å². The van der Waals surface area contributed by atoms with Gasteiger partial charge in [0.15, 0.2) is 0 Å². The standard InChI is InChI=1S/C24H18BrNO2/c1-28-22-13-11-21(12-14-22)26-23(18-5-3-2-4-6-18)16-19(24(26)27)15-17-7-9-20(25)10-8-17/h2-16H,1H3/b19-15+. The minimum absolute atomic E-state index is 0.0491. The summed E-state index contributed by atoms with van der Waals surface area (Å²) in [5.41, 5.74) is 4.29. The summed E-state index contributed by atoms with van der Waals surface area (Å²) in [6.07, 6.45) is 3.87. The van der Waals surface area contributed by atoms with Crippen molar-refractivity contribution >= 4 is 39.3 Å². The van der Waals surface area contributed by atoms with E-state index < -0.39 is 0 Å². The predicted molar refractivity (Wildman–Crippen MR) is 117 cm³/mol. The summed E-state index contributed by atoms with van der Waals surface area (Å²) in [6, 6.07) is 25.4. The predicted octanol–water partition coefficient (Wildman–Crippen LogP) is 5.93. The molecule has 1 amide bonds. The van der Waals surface area contributed by atoms with Crippen molar-refractivity contribution in [2.24, 2.45) is 0 Å². The quantitative estimate of drug-likeness (QED) is 0.479. The fraction of sp³-hybridized carbons (Fsp3) is 0.0417. The Kier molecular flexibility index (Phi) is 5.13. The first-order valence-corrected chi connectivity index (χ1v) is 9.68. The maximum Gasteiger partial charge on any atom is 0.262 e. The van der Waals surface area contributed by atoms with Crippen molar-refractivity contribution in [2.75, 3.05) is 12.0 Å². The fourth-order valence-corrected chi connectivity index (χ4v) is 3.43. The smallest absolute Gasteiger partial charge is 0.262 e. The number of halogens is 1. The number of benzene rings is 3. The first kappa shape index (κ1) is 18.3. The molecule has 1 aliphatic heterocycles. The highest BCUT2D eigenvalue weighted by Crippen LogP contribution is 2.35. The number of nitrogens with zero attached hydrogens (tertiary/aromatic N) is 1. The molecule has 0 fully saturated rings. The number of carbonyl (C=O) groups is 1. The van der Waals surface area contributed by atoms with E-state index in [2.05, 4.69) is 15.9 Å². The summed E-state index contributed by atoms with van der Waals surface area (Å²) in [4.78, 5) is 15.0. The maximum atomic E-state index is 13.3. The van der Waals surface area contributed by atoms with Gasteiger partial charge in [0.2, 0.25) is 0 Å². The van der Waals surface area contributed by atoms with Crippen molar-refractivity contribution in [1.82, 2.24) is 0 Å². The number of methoxy groups -OCH3 is 1. The monoisotopic (exact) mass is 431 g/mol. The molecule has 0 radical (unpaired) electrons. The Balaban J connectivity index is 1.79. The van der Waals surface area contributed by atoms with Gasteiger partial charge in [-0.05, 0) is 59.7 Å². The molecule has 0 atom stereocenters. The largest absolute Gasteiger partial charge is 0.497 e. The highest BCUT2D eigenvalue weighted by molar-refractivity contribution is 9.10. The van der Waals surface area contributed by atoms with Crippen LogP contribution >= 0.6 is 15.9 Å². The van der Waals surface area contributed by atoms with Gasteiger partial charge in [0.05, 0.1) is 12.8 Å². The molecular formula is C24H18BrNO2.